The van der Waals surface area contributed by atoms with Crippen LogP contribution < -0.4 is 5.73 Å². The van der Waals surface area contributed by atoms with E-state index >= 15 is 0 Å². The molecule has 68 valence electrons. The quantitative estimate of drug-likeness (QED) is 0.694. The molecular formula is C11H13NO. The van der Waals surface area contributed by atoms with Crippen LogP contribution in [0.4, 0.5) is 0 Å². The molecule has 0 fully saturated rings. The second kappa shape index (κ2) is 8.68. The number of hydrogen-bond acceptors (Lipinski definition) is 2. The van der Waals surface area contributed by atoms with Crippen LogP contribution in [0.3, 0.4) is 0 Å². The summed E-state index contributed by atoms with van der Waals surface area (Å²) in [5, 5.41) is 0. The van der Waals surface area contributed by atoms with Crippen molar-refractivity contribution in [2.45, 2.75) is 13.5 Å². The smallest absolute Gasteiger partial charge is 0.225 e. The molecule has 0 aliphatic rings. The minimum Gasteiger partial charge on any atom is -0.326 e. The molecule has 1 rings (SSSR count). The Bertz CT molecular complexity index is 242. The van der Waals surface area contributed by atoms with Gasteiger partial charge < -0.3 is 5.73 Å². The highest BCUT2D eigenvalue weighted by molar-refractivity contribution is 5.65. The van der Waals surface area contributed by atoms with Crippen LogP contribution in [0.1, 0.15) is 12.5 Å². The maximum Gasteiger partial charge on any atom is 0.225 e. The predicted molar refractivity (Wildman–Crippen MR) is 53.7 cm³/mol. The van der Waals surface area contributed by atoms with Gasteiger partial charge in [-0.25, -0.2) is 0 Å². The van der Waals surface area contributed by atoms with E-state index in [0.29, 0.717) is 6.54 Å². The minimum atomic E-state index is 0.620. The lowest BCUT2D eigenvalue weighted by Crippen LogP contribution is -1.94. The first kappa shape index (κ1) is 11.6. The normalized spacial score (nSPS) is 9.08. The molecule has 2 radical (unpaired) electrons. The van der Waals surface area contributed by atoms with Crippen LogP contribution >= 0.6 is 0 Å². The molecule has 1 aromatic carbocycles. The van der Waals surface area contributed by atoms with E-state index in [1.807, 2.05) is 24.3 Å². The summed E-state index contributed by atoms with van der Waals surface area (Å²) < 4.78 is 0. The monoisotopic (exact) mass is 175 g/mol. The fourth-order valence-corrected chi connectivity index (χ4v) is 0.626. The van der Waals surface area contributed by atoms with E-state index in [1.54, 1.807) is 19.3 Å². The second-order valence-electron chi connectivity index (χ2n) is 2.23. The molecule has 0 unspecified atom stereocenters. The Morgan fingerprint density at radius 2 is 2.15 bits per heavy atom. The summed E-state index contributed by atoms with van der Waals surface area (Å²) in [6.07, 6.45) is 4.54. The van der Waals surface area contributed by atoms with E-state index in [4.69, 9.17) is 5.73 Å². The number of allylic oxidation sites excluding steroid dienone is 2. The Morgan fingerprint density at radius 1 is 1.54 bits per heavy atom. The predicted octanol–water partition coefficient (Wildman–Crippen LogP) is 1.62. The summed E-state index contributed by atoms with van der Waals surface area (Å²) in [5.74, 6) is 0. The van der Waals surface area contributed by atoms with Crippen LogP contribution in [0.15, 0.2) is 36.4 Å². The van der Waals surface area contributed by atoms with E-state index in [0.717, 1.165) is 5.56 Å². The molecule has 0 atom stereocenters. The largest absolute Gasteiger partial charge is 0.326 e. The Labute approximate surface area is 79.1 Å². The molecule has 0 bridgehead atoms. The van der Waals surface area contributed by atoms with E-state index in [9.17, 15) is 4.79 Å². The van der Waals surface area contributed by atoms with Gasteiger partial charge in [-0.2, -0.15) is 0 Å². The first-order valence-electron chi connectivity index (χ1n) is 3.99. The van der Waals surface area contributed by atoms with Crippen molar-refractivity contribution in [2.75, 3.05) is 0 Å². The van der Waals surface area contributed by atoms with E-state index in [-0.39, 0.29) is 0 Å². The van der Waals surface area contributed by atoms with Gasteiger partial charge in [0.2, 0.25) is 6.29 Å². The number of rotatable bonds is 2. The maximum atomic E-state index is 9.19. The molecule has 0 spiro atoms. The Morgan fingerprint density at radius 3 is 2.38 bits per heavy atom. The van der Waals surface area contributed by atoms with Crippen molar-refractivity contribution < 1.29 is 4.79 Å². The molecule has 0 saturated carbocycles. The van der Waals surface area contributed by atoms with Gasteiger partial charge in [0, 0.05) is 6.54 Å². The lowest BCUT2D eigenvalue weighted by molar-refractivity contribution is 0.564. The van der Waals surface area contributed by atoms with Crippen molar-refractivity contribution in [1.82, 2.24) is 0 Å². The van der Waals surface area contributed by atoms with Crippen LogP contribution in [-0.2, 0) is 11.3 Å². The number of carbonyl (C=O) groups excluding carboxylic acids is 1. The van der Waals surface area contributed by atoms with E-state index in [1.165, 1.54) is 6.08 Å². The van der Waals surface area contributed by atoms with E-state index < -0.39 is 0 Å². The van der Waals surface area contributed by atoms with Gasteiger partial charge in [0.25, 0.3) is 0 Å². The molecule has 2 heteroatoms. The topological polar surface area (TPSA) is 43.1 Å². The highest BCUT2D eigenvalue weighted by atomic mass is 16.1. The van der Waals surface area contributed by atoms with Gasteiger partial charge in [0.05, 0.1) is 0 Å². The Balaban J connectivity index is 0.000000252. The van der Waals surface area contributed by atoms with Gasteiger partial charge in [0.1, 0.15) is 0 Å². The van der Waals surface area contributed by atoms with Crippen LogP contribution in [0.25, 0.3) is 0 Å². The van der Waals surface area contributed by atoms with Crippen molar-refractivity contribution in [2.24, 2.45) is 5.73 Å². The third-order valence-electron chi connectivity index (χ3n) is 1.26. The van der Waals surface area contributed by atoms with Crippen molar-refractivity contribution in [3.63, 3.8) is 0 Å². The third kappa shape index (κ3) is 6.97. The fourth-order valence-electron chi connectivity index (χ4n) is 0.626. The molecule has 0 aliphatic heterocycles. The molecule has 0 aromatic heterocycles. The van der Waals surface area contributed by atoms with Crippen LogP contribution in [0, 0.1) is 6.07 Å². The number of nitrogens with two attached hydrogens (primary N) is 1. The SMILES string of the molecule is CC=C[C]=O.NCc1cc[c]cc1. The molecule has 13 heavy (non-hydrogen) atoms. The van der Waals surface area contributed by atoms with Gasteiger partial charge in [0.15, 0.2) is 0 Å². The van der Waals surface area contributed by atoms with Gasteiger partial charge in [-0.3, -0.25) is 4.79 Å². The molecular weight excluding hydrogens is 162 g/mol. The summed E-state index contributed by atoms with van der Waals surface area (Å²) in [4.78, 5) is 9.19. The van der Waals surface area contributed by atoms with Crippen molar-refractivity contribution in [1.29, 1.82) is 0 Å². The van der Waals surface area contributed by atoms with E-state index in [2.05, 4.69) is 6.07 Å². The highest BCUT2D eigenvalue weighted by Gasteiger charge is 1.80. The molecule has 0 amide bonds. The van der Waals surface area contributed by atoms with Gasteiger partial charge in [-0.15, -0.1) is 0 Å². The zero-order valence-electron chi connectivity index (χ0n) is 7.66. The Hall–Kier alpha value is -1.41. The molecule has 1 aromatic rings. The summed E-state index contributed by atoms with van der Waals surface area (Å²) in [5.41, 5.74) is 6.49. The van der Waals surface area contributed by atoms with Crippen molar-refractivity contribution in [3.8, 4) is 0 Å². The summed E-state index contributed by atoms with van der Waals surface area (Å²) in [6, 6.07) is 10.6. The number of hydrogen-bond donors (Lipinski definition) is 1. The van der Waals surface area contributed by atoms with Gasteiger partial charge >= 0.3 is 0 Å². The summed E-state index contributed by atoms with van der Waals surface area (Å²) >= 11 is 0. The molecule has 0 saturated heterocycles. The molecule has 0 heterocycles. The van der Waals surface area contributed by atoms with Crippen molar-refractivity contribution >= 4 is 6.29 Å². The molecule has 2 N–H and O–H groups in total. The molecule has 2 nitrogen and oxygen atoms in total. The molecule has 0 aliphatic carbocycles. The van der Waals surface area contributed by atoms with Crippen LogP contribution in [0.2, 0.25) is 0 Å². The average Bonchev–Trinajstić information content (AvgIpc) is 2.21. The zero-order valence-corrected chi connectivity index (χ0v) is 7.66. The summed E-state index contributed by atoms with van der Waals surface area (Å²) in [6.45, 7) is 2.39. The first-order chi connectivity index (χ1) is 6.35. The van der Waals surface area contributed by atoms with Crippen LogP contribution in [0.5, 0.6) is 0 Å². The number of benzene rings is 1. The second-order valence-corrected chi connectivity index (χ2v) is 2.23. The zero-order chi connectivity index (χ0) is 9.94. The van der Waals surface area contributed by atoms with Crippen LogP contribution in [-0.4, -0.2) is 6.29 Å². The lowest BCUT2D eigenvalue weighted by atomic mass is 10.2. The standard InChI is InChI=1S/C7H8N.C4H5O/c8-6-7-4-2-1-3-5-7;1-2-3-4-5/h2-5H,6,8H2;2-3H,1H3. The highest BCUT2D eigenvalue weighted by Crippen LogP contribution is 1.93. The van der Waals surface area contributed by atoms with Gasteiger partial charge in [-0.05, 0) is 24.6 Å². The minimum absolute atomic E-state index is 0.620. The van der Waals surface area contributed by atoms with Crippen molar-refractivity contribution in [3.05, 3.63) is 48.0 Å². The van der Waals surface area contributed by atoms with Gasteiger partial charge in [-0.1, -0.05) is 30.3 Å². The Kier molecular flexibility index (Phi) is 7.74. The average molecular weight is 175 g/mol. The fraction of sp³-hybridized carbons (Fsp3) is 0.182. The lowest BCUT2D eigenvalue weighted by Gasteiger charge is -1.89. The third-order valence-corrected chi connectivity index (χ3v) is 1.26. The maximum absolute atomic E-state index is 9.19. The first-order valence-corrected chi connectivity index (χ1v) is 3.99. The summed E-state index contributed by atoms with van der Waals surface area (Å²) in [7, 11) is 0.